The number of nitrogen functional groups attached to an aromatic ring is 1. The van der Waals surface area contributed by atoms with Gasteiger partial charge in [-0.3, -0.25) is 4.79 Å². The third-order valence-corrected chi connectivity index (χ3v) is 4.05. The van der Waals surface area contributed by atoms with Crippen LogP contribution < -0.4 is 11.1 Å². The summed E-state index contributed by atoms with van der Waals surface area (Å²) in [5.41, 5.74) is 7.15. The number of nitrogens with two attached hydrogens (primary N) is 1. The zero-order valence-electron chi connectivity index (χ0n) is 12.3. The fourth-order valence-electron chi connectivity index (χ4n) is 2.74. The number of amides is 1. The average molecular weight is 275 g/mol. The number of carbonyl (C=O) groups excluding carboxylic acids is 1. The Kier molecular flexibility index (Phi) is 5.41. The molecule has 4 heteroatoms. The van der Waals surface area contributed by atoms with Crippen LogP contribution >= 0.6 is 0 Å². The lowest BCUT2D eigenvalue weighted by molar-refractivity contribution is -0.116. The number of nitrogens with zero attached hydrogens (tertiary/aromatic N) is 1. The lowest BCUT2D eigenvalue weighted by atomic mass is 10.1. The maximum absolute atomic E-state index is 12.0. The van der Waals surface area contributed by atoms with Gasteiger partial charge < -0.3 is 16.0 Å². The number of benzene rings is 1. The first kappa shape index (κ1) is 14.9. The lowest BCUT2D eigenvalue weighted by Crippen LogP contribution is -2.35. The molecule has 0 bridgehead atoms. The van der Waals surface area contributed by atoms with Crippen molar-refractivity contribution in [3.63, 3.8) is 0 Å². The maximum atomic E-state index is 12.0. The normalized spacial score (nSPS) is 20.4. The van der Waals surface area contributed by atoms with E-state index in [4.69, 9.17) is 5.73 Å². The second-order valence-electron chi connectivity index (χ2n) is 5.62. The van der Waals surface area contributed by atoms with E-state index >= 15 is 0 Å². The van der Waals surface area contributed by atoms with Crippen LogP contribution in [0.25, 0.3) is 0 Å². The Morgan fingerprint density at radius 1 is 1.35 bits per heavy atom. The van der Waals surface area contributed by atoms with E-state index in [2.05, 4.69) is 17.1 Å². The summed E-state index contributed by atoms with van der Waals surface area (Å²) < 4.78 is 0. The van der Waals surface area contributed by atoms with E-state index in [-0.39, 0.29) is 5.91 Å². The molecule has 1 heterocycles. The second kappa shape index (κ2) is 7.29. The van der Waals surface area contributed by atoms with Crippen LogP contribution in [0, 0.1) is 0 Å². The number of likely N-dealkylation sites (tertiary alicyclic amines) is 1. The Hall–Kier alpha value is -1.55. The molecule has 1 fully saturated rings. The molecule has 0 aliphatic carbocycles. The molecular formula is C16H25N3O. The van der Waals surface area contributed by atoms with Crippen molar-refractivity contribution >= 4 is 17.3 Å². The highest BCUT2D eigenvalue weighted by Crippen LogP contribution is 2.18. The largest absolute Gasteiger partial charge is 0.397 e. The van der Waals surface area contributed by atoms with E-state index in [1.54, 1.807) is 6.07 Å². The van der Waals surface area contributed by atoms with Crippen molar-refractivity contribution < 1.29 is 4.79 Å². The molecule has 1 aromatic rings. The number of para-hydroxylation sites is 2. The smallest absolute Gasteiger partial charge is 0.225 e. The van der Waals surface area contributed by atoms with Gasteiger partial charge in [-0.25, -0.2) is 0 Å². The van der Waals surface area contributed by atoms with Gasteiger partial charge in [0.2, 0.25) is 5.91 Å². The summed E-state index contributed by atoms with van der Waals surface area (Å²) in [5.74, 6) is 0.0411. The van der Waals surface area contributed by atoms with E-state index in [0.29, 0.717) is 23.8 Å². The second-order valence-corrected chi connectivity index (χ2v) is 5.62. The third-order valence-electron chi connectivity index (χ3n) is 4.05. The summed E-state index contributed by atoms with van der Waals surface area (Å²) in [6.07, 6.45) is 5.64. The Morgan fingerprint density at radius 2 is 2.15 bits per heavy atom. The van der Waals surface area contributed by atoms with Crippen LogP contribution in [0.3, 0.4) is 0 Å². The van der Waals surface area contributed by atoms with E-state index in [1.165, 1.54) is 25.7 Å². The van der Waals surface area contributed by atoms with Gasteiger partial charge >= 0.3 is 0 Å². The van der Waals surface area contributed by atoms with Gasteiger partial charge in [-0.1, -0.05) is 25.0 Å². The highest BCUT2D eigenvalue weighted by molar-refractivity contribution is 5.93. The molecule has 3 N–H and O–H groups in total. The molecule has 1 unspecified atom stereocenters. The van der Waals surface area contributed by atoms with Crippen LogP contribution in [0.1, 0.15) is 39.0 Å². The van der Waals surface area contributed by atoms with Crippen molar-refractivity contribution in [2.24, 2.45) is 0 Å². The summed E-state index contributed by atoms with van der Waals surface area (Å²) in [5, 5.41) is 2.89. The van der Waals surface area contributed by atoms with Gasteiger partial charge in [0.1, 0.15) is 0 Å². The zero-order chi connectivity index (χ0) is 14.4. The third kappa shape index (κ3) is 4.23. The number of hydrogen-bond donors (Lipinski definition) is 2. The first-order chi connectivity index (χ1) is 9.66. The minimum Gasteiger partial charge on any atom is -0.397 e. The van der Waals surface area contributed by atoms with Crippen molar-refractivity contribution in [2.75, 3.05) is 24.1 Å². The predicted molar refractivity (Wildman–Crippen MR) is 83.6 cm³/mol. The quantitative estimate of drug-likeness (QED) is 0.831. The molecule has 0 aromatic heterocycles. The monoisotopic (exact) mass is 275 g/mol. The maximum Gasteiger partial charge on any atom is 0.225 e. The van der Waals surface area contributed by atoms with Crippen LogP contribution in [0.5, 0.6) is 0 Å². The molecule has 1 amide bonds. The van der Waals surface area contributed by atoms with Crippen molar-refractivity contribution in [1.82, 2.24) is 4.90 Å². The molecule has 1 saturated heterocycles. The van der Waals surface area contributed by atoms with Crippen LogP contribution in [0.4, 0.5) is 11.4 Å². The first-order valence-corrected chi connectivity index (χ1v) is 7.55. The fraction of sp³-hybridized carbons (Fsp3) is 0.562. The van der Waals surface area contributed by atoms with Gasteiger partial charge in [0, 0.05) is 19.0 Å². The summed E-state index contributed by atoms with van der Waals surface area (Å²) in [7, 11) is 0. The van der Waals surface area contributed by atoms with Crippen molar-refractivity contribution in [1.29, 1.82) is 0 Å². The first-order valence-electron chi connectivity index (χ1n) is 7.55. The SMILES string of the molecule is CC1CCCCCN1CCC(=O)Nc1ccccc1N. The number of carbonyl (C=O) groups is 1. The van der Waals surface area contributed by atoms with E-state index < -0.39 is 0 Å². The number of anilines is 2. The van der Waals surface area contributed by atoms with Gasteiger partial charge in [0.25, 0.3) is 0 Å². The van der Waals surface area contributed by atoms with Crippen LogP contribution in [0.15, 0.2) is 24.3 Å². The molecule has 0 radical (unpaired) electrons. The molecule has 20 heavy (non-hydrogen) atoms. The summed E-state index contributed by atoms with van der Waals surface area (Å²) in [4.78, 5) is 14.4. The molecule has 0 saturated carbocycles. The molecule has 1 aliphatic heterocycles. The van der Waals surface area contributed by atoms with Gasteiger partial charge in [0.05, 0.1) is 11.4 Å². The number of hydrogen-bond acceptors (Lipinski definition) is 3. The average Bonchev–Trinajstić information content (AvgIpc) is 2.64. The van der Waals surface area contributed by atoms with E-state index in [1.807, 2.05) is 18.2 Å². The highest BCUT2D eigenvalue weighted by Gasteiger charge is 2.17. The minimum absolute atomic E-state index is 0.0411. The van der Waals surface area contributed by atoms with E-state index in [9.17, 15) is 4.79 Å². The number of nitrogens with one attached hydrogen (secondary N) is 1. The molecule has 110 valence electrons. The van der Waals surface area contributed by atoms with Gasteiger partial charge in [-0.15, -0.1) is 0 Å². The van der Waals surface area contributed by atoms with Crippen LogP contribution in [-0.4, -0.2) is 29.9 Å². The summed E-state index contributed by atoms with van der Waals surface area (Å²) in [6, 6.07) is 7.97. The van der Waals surface area contributed by atoms with Crippen molar-refractivity contribution in [3.05, 3.63) is 24.3 Å². The number of rotatable bonds is 4. The highest BCUT2D eigenvalue weighted by atomic mass is 16.1. The molecule has 1 aromatic carbocycles. The van der Waals surface area contributed by atoms with Gasteiger partial charge in [-0.05, 0) is 38.4 Å². The Bertz CT molecular complexity index is 447. The lowest BCUT2D eigenvalue weighted by Gasteiger charge is -2.26. The van der Waals surface area contributed by atoms with E-state index in [0.717, 1.165) is 13.1 Å². The Morgan fingerprint density at radius 3 is 2.95 bits per heavy atom. The molecule has 1 atom stereocenters. The Balaban J connectivity index is 1.81. The van der Waals surface area contributed by atoms with Crippen molar-refractivity contribution in [3.8, 4) is 0 Å². The van der Waals surface area contributed by atoms with Gasteiger partial charge in [-0.2, -0.15) is 0 Å². The van der Waals surface area contributed by atoms with Crippen LogP contribution in [-0.2, 0) is 4.79 Å². The standard InChI is InChI=1S/C16H25N3O/c1-13-7-3-2-6-11-19(13)12-10-16(20)18-15-9-5-4-8-14(15)17/h4-5,8-9,13H,2-3,6-7,10-12,17H2,1H3,(H,18,20). The molecule has 2 rings (SSSR count). The minimum atomic E-state index is 0.0411. The Labute approximate surface area is 121 Å². The molecule has 1 aliphatic rings. The van der Waals surface area contributed by atoms with Crippen LogP contribution in [0.2, 0.25) is 0 Å². The summed E-state index contributed by atoms with van der Waals surface area (Å²) in [6.45, 7) is 4.21. The predicted octanol–water partition coefficient (Wildman–Crippen LogP) is 2.86. The fourth-order valence-corrected chi connectivity index (χ4v) is 2.74. The molecule has 0 spiro atoms. The topological polar surface area (TPSA) is 58.4 Å². The molecular weight excluding hydrogens is 250 g/mol. The summed E-state index contributed by atoms with van der Waals surface area (Å²) >= 11 is 0. The zero-order valence-corrected chi connectivity index (χ0v) is 12.3. The molecule has 4 nitrogen and oxygen atoms in total. The van der Waals surface area contributed by atoms with Crippen molar-refractivity contribution in [2.45, 2.75) is 45.1 Å². The van der Waals surface area contributed by atoms with Gasteiger partial charge in [0.15, 0.2) is 0 Å².